The molecule has 0 radical (unpaired) electrons. The van der Waals surface area contributed by atoms with E-state index < -0.39 is 9.73 Å². The van der Waals surface area contributed by atoms with Crippen LogP contribution in [0.1, 0.15) is 0 Å². The lowest BCUT2D eigenvalue weighted by Crippen LogP contribution is -2.07. The molecule has 2 heterocycles. The van der Waals surface area contributed by atoms with Crippen molar-refractivity contribution in [2.75, 3.05) is 0 Å². The summed E-state index contributed by atoms with van der Waals surface area (Å²) in [5.74, 6) is 0. The van der Waals surface area contributed by atoms with Crippen molar-refractivity contribution in [1.82, 2.24) is 4.57 Å². The van der Waals surface area contributed by atoms with Crippen LogP contribution in [0.25, 0.3) is 38.6 Å². The molecule has 1 aromatic heterocycles. The molecule has 34 heavy (non-hydrogen) atoms. The number of hydrogen-bond acceptors (Lipinski definition) is 2. The quantitative estimate of drug-likeness (QED) is 0.260. The van der Waals surface area contributed by atoms with Crippen LogP contribution in [-0.2, 0) is 9.73 Å². The molecule has 0 N–H and O–H groups in total. The molecule has 0 saturated carbocycles. The van der Waals surface area contributed by atoms with Gasteiger partial charge in [-0.25, -0.2) is 4.21 Å². The van der Waals surface area contributed by atoms with E-state index in [9.17, 15) is 4.21 Å². The van der Waals surface area contributed by atoms with Crippen molar-refractivity contribution in [1.29, 1.82) is 0 Å². The average molecular weight is 457 g/mol. The van der Waals surface area contributed by atoms with Crippen molar-refractivity contribution < 1.29 is 4.21 Å². The lowest BCUT2D eigenvalue weighted by atomic mass is 10.0. The van der Waals surface area contributed by atoms with Crippen molar-refractivity contribution in [3.05, 3.63) is 121 Å². The van der Waals surface area contributed by atoms with Crippen LogP contribution in [0.15, 0.2) is 135 Å². The first kappa shape index (κ1) is 19.3. The number of aromatic nitrogens is 1. The van der Waals surface area contributed by atoms with Crippen LogP contribution in [0.3, 0.4) is 0 Å². The smallest absolute Gasteiger partial charge is 0.109 e. The lowest BCUT2D eigenvalue weighted by molar-refractivity contribution is 0.676. The Morgan fingerprint density at radius 2 is 1.26 bits per heavy atom. The van der Waals surface area contributed by atoms with Gasteiger partial charge in [0.25, 0.3) is 0 Å². The van der Waals surface area contributed by atoms with E-state index in [1.165, 1.54) is 0 Å². The lowest BCUT2D eigenvalue weighted by Gasteiger charge is -2.22. The van der Waals surface area contributed by atoms with Crippen molar-refractivity contribution in [2.45, 2.75) is 9.79 Å². The Balaban J connectivity index is 1.63. The van der Waals surface area contributed by atoms with Gasteiger partial charge < -0.3 is 4.57 Å². The van der Waals surface area contributed by atoms with Gasteiger partial charge in [-0.3, -0.25) is 0 Å². The molecule has 0 spiro atoms. The Labute approximate surface area is 198 Å². The van der Waals surface area contributed by atoms with Crippen LogP contribution in [0.5, 0.6) is 0 Å². The summed E-state index contributed by atoms with van der Waals surface area (Å²) in [6.45, 7) is 0. The minimum atomic E-state index is -2.79. The summed E-state index contributed by atoms with van der Waals surface area (Å²) in [6.07, 6.45) is 0. The minimum Gasteiger partial charge on any atom is -0.309 e. The third-order valence-electron chi connectivity index (χ3n) is 6.57. The molecule has 5 aromatic carbocycles. The molecule has 7 rings (SSSR count). The van der Waals surface area contributed by atoms with Gasteiger partial charge in [-0.05, 0) is 48.5 Å². The Morgan fingerprint density at radius 1 is 0.588 bits per heavy atom. The molecule has 6 aromatic rings. The van der Waals surface area contributed by atoms with Gasteiger partial charge in [-0.1, -0.05) is 72.8 Å². The van der Waals surface area contributed by atoms with Gasteiger partial charge in [-0.2, -0.15) is 4.36 Å². The highest BCUT2D eigenvalue weighted by molar-refractivity contribution is 7.94. The van der Waals surface area contributed by atoms with E-state index in [-0.39, 0.29) is 0 Å². The Morgan fingerprint density at radius 3 is 2.09 bits per heavy atom. The van der Waals surface area contributed by atoms with E-state index in [4.69, 9.17) is 4.36 Å². The molecule has 0 aliphatic carbocycles. The largest absolute Gasteiger partial charge is 0.309 e. The molecule has 4 heteroatoms. The molecule has 0 saturated heterocycles. The molecule has 3 nitrogen and oxygen atoms in total. The SMILES string of the molecule is O=S1(c2ccccc2)=Nc2cc3c4ccccc4n(-c4ccccc4)c3cc2-c2ccccc21. The second kappa shape index (κ2) is 7.17. The molecule has 1 unspecified atom stereocenters. The second-order valence-corrected chi connectivity index (χ2v) is 10.6. The van der Waals surface area contributed by atoms with Crippen molar-refractivity contribution in [3.8, 4) is 16.8 Å². The molecule has 0 fully saturated rings. The minimum absolute atomic E-state index is 0.736. The number of fused-ring (bicyclic) bond motifs is 6. The summed E-state index contributed by atoms with van der Waals surface area (Å²) >= 11 is 0. The summed E-state index contributed by atoms with van der Waals surface area (Å²) < 4.78 is 21.7. The predicted octanol–water partition coefficient (Wildman–Crippen LogP) is 7.98. The Hall–Kier alpha value is -4.15. The van der Waals surface area contributed by atoms with Gasteiger partial charge in [0.05, 0.1) is 26.5 Å². The number of rotatable bonds is 2. The number of para-hydroxylation sites is 2. The molecule has 162 valence electrons. The topological polar surface area (TPSA) is 34.4 Å². The van der Waals surface area contributed by atoms with Crippen LogP contribution in [0, 0.1) is 0 Å². The first-order valence-electron chi connectivity index (χ1n) is 11.3. The zero-order chi connectivity index (χ0) is 22.7. The van der Waals surface area contributed by atoms with Crippen LogP contribution < -0.4 is 0 Å². The maximum Gasteiger partial charge on any atom is 0.109 e. The summed E-state index contributed by atoms with van der Waals surface area (Å²) in [7, 11) is -2.79. The maximum atomic E-state index is 14.4. The fourth-order valence-corrected chi connectivity index (χ4v) is 7.20. The van der Waals surface area contributed by atoms with Gasteiger partial charge in [0.2, 0.25) is 0 Å². The van der Waals surface area contributed by atoms with Crippen LogP contribution >= 0.6 is 0 Å². The average Bonchev–Trinajstić information content (AvgIpc) is 3.22. The van der Waals surface area contributed by atoms with E-state index in [0.717, 1.165) is 54.1 Å². The number of nitrogens with zero attached hydrogens (tertiary/aromatic N) is 2. The highest BCUT2D eigenvalue weighted by Gasteiger charge is 2.27. The molecular weight excluding hydrogens is 436 g/mol. The summed E-state index contributed by atoms with van der Waals surface area (Å²) in [5.41, 5.74) is 6.14. The standard InChI is InChI=1S/C30H20N2OS/c33-34(22-13-5-2-6-14-22)30-18-10-8-16-24(30)25-20-29-26(19-27(25)31-34)23-15-7-9-17-28(23)32(29)21-11-3-1-4-12-21/h1-20H. The molecular formula is C30H20N2OS. The van der Waals surface area contributed by atoms with Crippen LogP contribution in [0.2, 0.25) is 0 Å². The van der Waals surface area contributed by atoms with Crippen LogP contribution in [-0.4, -0.2) is 8.78 Å². The monoisotopic (exact) mass is 456 g/mol. The first-order valence-corrected chi connectivity index (χ1v) is 12.8. The van der Waals surface area contributed by atoms with Crippen molar-refractivity contribution in [2.24, 2.45) is 4.36 Å². The number of hydrogen-bond donors (Lipinski definition) is 0. The third kappa shape index (κ3) is 2.66. The fraction of sp³-hybridized carbons (Fsp3) is 0. The third-order valence-corrected chi connectivity index (χ3v) is 8.89. The molecule has 1 aliphatic heterocycles. The highest BCUT2D eigenvalue weighted by atomic mass is 32.2. The Bertz CT molecular complexity index is 1840. The normalized spacial score (nSPS) is 16.7. The molecule has 1 aliphatic rings. The first-order chi connectivity index (χ1) is 16.7. The Kier molecular flexibility index (Phi) is 4.08. The zero-order valence-corrected chi connectivity index (χ0v) is 19.1. The summed E-state index contributed by atoms with van der Waals surface area (Å²) in [5, 5.41) is 2.26. The highest BCUT2D eigenvalue weighted by Crippen LogP contribution is 2.47. The van der Waals surface area contributed by atoms with Gasteiger partial charge in [0, 0.05) is 27.6 Å². The van der Waals surface area contributed by atoms with E-state index in [2.05, 4.69) is 71.3 Å². The van der Waals surface area contributed by atoms with E-state index in [1.807, 2.05) is 54.6 Å². The van der Waals surface area contributed by atoms with Gasteiger partial charge >= 0.3 is 0 Å². The summed E-state index contributed by atoms with van der Waals surface area (Å²) in [6, 6.07) is 40.8. The van der Waals surface area contributed by atoms with Gasteiger partial charge in [0.15, 0.2) is 0 Å². The van der Waals surface area contributed by atoms with Crippen molar-refractivity contribution >= 4 is 37.2 Å². The van der Waals surface area contributed by atoms with Gasteiger partial charge in [-0.15, -0.1) is 0 Å². The maximum absolute atomic E-state index is 14.4. The summed E-state index contributed by atoms with van der Waals surface area (Å²) in [4.78, 5) is 1.51. The van der Waals surface area contributed by atoms with Gasteiger partial charge in [0.1, 0.15) is 9.73 Å². The predicted molar refractivity (Wildman–Crippen MR) is 139 cm³/mol. The van der Waals surface area contributed by atoms with Crippen molar-refractivity contribution in [3.63, 3.8) is 0 Å². The molecule has 0 bridgehead atoms. The van der Waals surface area contributed by atoms with E-state index in [1.54, 1.807) is 0 Å². The number of benzene rings is 5. The van der Waals surface area contributed by atoms with E-state index >= 15 is 0 Å². The molecule has 1 atom stereocenters. The fourth-order valence-electron chi connectivity index (χ4n) is 5.05. The zero-order valence-electron chi connectivity index (χ0n) is 18.3. The van der Waals surface area contributed by atoms with E-state index in [0.29, 0.717) is 0 Å². The van der Waals surface area contributed by atoms with Crippen LogP contribution in [0.4, 0.5) is 5.69 Å². The second-order valence-electron chi connectivity index (χ2n) is 8.50. The molecule has 0 amide bonds.